The predicted octanol–water partition coefficient (Wildman–Crippen LogP) is 7.45. The van der Waals surface area contributed by atoms with Gasteiger partial charge in [-0.2, -0.15) is 13.2 Å². The van der Waals surface area contributed by atoms with Crippen LogP contribution in [0.5, 0.6) is 5.75 Å². The van der Waals surface area contributed by atoms with Gasteiger partial charge in [0.1, 0.15) is 5.75 Å². The lowest BCUT2D eigenvalue weighted by molar-refractivity contribution is -0.153. The molecule has 7 heteroatoms. The highest BCUT2D eigenvalue weighted by Gasteiger charge is 2.30. The van der Waals surface area contributed by atoms with Crippen LogP contribution in [0, 0.1) is 0 Å². The summed E-state index contributed by atoms with van der Waals surface area (Å²) in [6, 6.07) is 4.48. The van der Waals surface area contributed by atoms with E-state index in [2.05, 4.69) is 13.0 Å². The average molecular weight is 461 g/mol. The summed E-state index contributed by atoms with van der Waals surface area (Å²) in [5, 5.41) is 0.314. The van der Waals surface area contributed by atoms with Crippen LogP contribution in [0.15, 0.2) is 53.8 Å². The molecule has 31 heavy (non-hydrogen) atoms. The van der Waals surface area contributed by atoms with Gasteiger partial charge in [0.25, 0.3) is 0 Å². The van der Waals surface area contributed by atoms with Crippen LogP contribution < -0.4 is 10.5 Å². The smallest absolute Gasteiger partial charge is 0.422 e. The van der Waals surface area contributed by atoms with Crippen molar-refractivity contribution >= 4 is 11.6 Å². The van der Waals surface area contributed by atoms with Crippen molar-refractivity contribution in [1.29, 1.82) is 0 Å². The first kappa shape index (κ1) is 29.1. The van der Waals surface area contributed by atoms with Gasteiger partial charge in [0, 0.05) is 22.8 Å². The number of halogens is 4. The van der Waals surface area contributed by atoms with Crippen LogP contribution in [0.4, 0.5) is 13.2 Å². The molecule has 0 aliphatic heterocycles. The molecular weight excluding hydrogens is 425 g/mol. The molecular formula is C24H36ClF3N2O. The summed E-state index contributed by atoms with van der Waals surface area (Å²) >= 11 is 6.03. The van der Waals surface area contributed by atoms with Gasteiger partial charge >= 0.3 is 6.18 Å². The SMILES string of the molecule is CC.CCC/C=C\C=C(/C)C(c1ccc(Cl)cc1OCC(F)(F)F)N(C)C/C=C(\C)N. The Balaban J connectivity index is 0.00000436. The van der Waals surface area contributed by atoms with Crippen LogP contribution in [0.25, 0.3) is 0 Å². The molecule has 0 spiro atoms. The molecule has 0 fully saturated rings. The van der Waals surface area contributed by atoms with Crippen LogP contribution in [0.1, 0.15) is 59.1 Å². The largest absolute Gasteiger partial charge is 0.484 e. The standard InChI is InChI=1S/C22H30ClF3N2O.C2H6/c1-5-6-7-8-9-16(2)21(28(4)13-12-17(3)27)19-11-10-18(23)14-20(19)29-15-22(24,25)26;1-2/h7-12,14,21H,5-6,13,15,27H2,1-4H3;1-2H3/b8-7-,16-9+,17-12+;. The molecule has 0 radical (unpaired) electrons. The molecule has 3 nitrogen and oxygen atoms in total. The number of nitrogens with two attached hydrogens (primary N) is 1. The molecule has 1 aromatic rings. The summed E-state index contributed by atoms with van der Waals surface area (Å²) < 4.78 is 43.3. The van der Waals surface area contributed by atoms with Gasteiger partial charge in [0.15, 0.2) is 6.61 Å². The van der Waals surface area contributed by atoms with Crippen LogP contribution in [0.2, 0.25) is 5.02 Å². The van der Waals surface area contributed by atoms with Crippen molar-refractivity contribution in [2.75, 3.05) is 20.2 Å². The summed E-state index contributed by atoms with van der Waals surface area (Å²) in [5.41, 5.74) is 8.00. The van der Waals surface area contributed by atoms with E-state index in [0.29, 0.717) is 22.8 Å². The number of likely N-dealkylation sites (N-methyl/N-ethyl adjacent to an activating group) is 1. The Morgan fingerprint density at radius 3 is 2.45 bits per heavy atom. The van der Waals surface area contributed by atoms with Crippen molar-refractivity contribution in [2.45, 2.75) is 59.7 Å². The minimum atomic E-state index is -4.44. The Labute approximate surface area is 190 Å². The molecule has 0 saturated heterocycles. The van der Waals surface area contributed by atoms with Gasteiger partial charge in [0.05, 0.1) is 6.04 Å². The van der Waals surface area contributed by atoms with E-state index in [-0.39, 0.29) is 11.8 Å². The summed E-state index contributed by atoms with van der Waals surface area (Å²) in [4.78, 5) is 2.00. The molecule has 1 aromatic carbocycles. The van der Waals surface area contributed by atoms with E-state index in [1.807, 2.05) is 50.9 Å². The molecule has 0 amide bonds. The fraction of sp³-hybridized carbons (Fsp3) is 0.500. The van der Waals surface area contributed by atoms with Crippen molar-refractivity contribution in [3.05, 3.63) is 64.4 Å². The Morgan fingerprint density at radius 1 is 1.26 bits per heavy atom. The third-order valence-corrected chi connectivity index (χ3v) is 4.42. The molecule has 0 aliphatic carbocycles. The second-order valence-electron chi connectivity index (χ2n) is 7.00. The van der Waals surface area contributed by atoms with Crippen molar-refractivity contribution in [2.24, 2.45) is 5.73 Å². The van der Waals surface area contributed by atoms with Crippen molar-refractivity contribution < 1.29 is 17.9 Å². The maximum absolute atomic E-state index is 12.7. The lowest BCUT2D eigenvalue weighted by Gasteiger charge is -2.30. The minimum absolute atomic E-state index is 0.116. The number of hydrogen-bond donors (Lipinski definition) is 1. The van der Waals surface area contributed by atoms with Gasteiger partial charge in [-0.15, -0.1) is 0 Å². The van der Waals surface area contributed by atoms with Gasteiger partial charge in [-0.3, -0.25) is 4.90 Å². The zero-order chi connectivity index (χ0) is 24.0. The highest BCUT2D eigenvalue weighted by molar-refractivity contribution is 6.30. The first-order chi connectivity index (χ1) is 14.5. The average Bonchev–Trinajstić information content (AvgIpc) is 2.70. The molecule has 1 atom stereocenters. The van der Waals surface area contributed by atoms with Crippen LogP contribution in [-0.2, 0) is 0 Å². The Kier molecular flexibility index (Phi) is 14.0. The highest BCUT2D eigenvalue weighted by atomic mass is 35.5. The number of hydrogen-bond acceptors (Lipinski definition) is 3. The number of unbranched alkanes of at least 4 members (excludes halogenated alkanes) is 1. The maximum Gasteiger partial charge on any atom is 0.422 e. The van der Waals surface area contributed by atoms with E-state index in [1.54, 1.807) is 19.1 Å². The highest BCUT2D eigenvalue weighted by Crippen LogP contribution is 2.36. The van der Waals surface area contributed by atoms with Gasteiger partial charge in [-0.25, -0.2) is 0 Å². The zero-order valence-electron chi connectivity index (χ0n) is 19.4. The fourth-order valence-electron chi connectivity index (χ4n) is 2.82. The van der Waals surface area contributed by atoms with E-state index < -0.39 is 12.8 Å². The third-order valence-electron chi connectivity index (χ3n) is 4.19. The van der Waals surface area contributed by atoms with Gasteiger partial charge in [-0.05, 0) is 39.4 Å². The lowest BCUT2D eigenvalue weighted by Crippen LogP contribution is -2.27. The summed E-state index contributed by atoms with van der Waals surface area (Å²) in [6.45, 7) is 8.98. The molecule has 0 saturated carbocycles. The first-order valence-corrected chi connectivity index (χ1v) is 10.9. The molecule has 0 aromatic heterocycles. The molecule has 1 unspecified atom stereocenters. The number of benzene rings is 1. The van der Waals surface area contributed by atoms with Crippen molar-refractivity contribution in [3.63, 3.8) is 0 Å². The van der Waals surface area contributed by atoms with Gasteiger partial charge in [-0.1, -0.05) is 74.7 Å². The number of ether oxygens (including phenoxy) is 1. The van der Waals surface area contributed by atoms with Crippen molar-refractivity contribution in [1.82, 2.24) is 4.90 Å². The summed E-state index contributed by atoms with van der Waals surface area (Å²) in [7, 11) is 1.89. The monoisotopic (exact) mass is 460 g/mol. The first-order valence-electron chi connectivity index (χ1n) is 10.5. The van der Waals surface area contributed by atoms with E-state index in [0.717, 1.165) is 18.4 Å². The zero-order valence-corrected chi connectivity index (χ0v) is 20.1. The number of rotatable bonds is 10. The summed E-state index contributed by atoms with van der Waals surface area (Å²) in [6.07, 6.45) is 5.43. The van der Waals surface area contributed by atoms with Crippen LogP contribution in [-0.4, -0.2) is 31.3 Å². The van der Waals surface area contributed by atoms with Crippen molar-refractivity contribution in [3.8, 4) is 5.75 Å². The predicted molar refractivity (Wildman–Crippen MR) is 125 cm³/mol. The third kappa shape index (κ3) is 11.9. The number of nitrogens with zero attached hydrogens (tertiary/aromatic N) is 1. The van der Waals surface area contributed by atoms with Crippen LogP contribution in [0.3, 0.4) is 0 Å². The van der Waals surface area contributed by atoms with E-state index in [9.17, 15) is 13.2 Å². The Bertz CT molecular complexity index is 739. The molecule has 176 valence electrons. The quantitative estimate of drug-likeness (QED) is 0.368. The number of allylic oxidation sites excluding steroid dienone is 4. The van der Waals surface area contributed by atoms with Crippen LogP contribution >= 0.6 is 11.6 Å². The Hall–Kier alpha value is -1.92. The number of alkyl halides is 3. The topological polar surface area (TPSA) is 38.5 Å². The molecule has 2 N–H and O–H groups in total. The van der Waals surface area contributed by atoms with Gasteiger partial charge in [0.2, 0.25) is 0 Å². The fourth-order valence-corrected chi connectivity index (χ4v) is 2.98. The minimum Gasteiger partial charge on any atom is -0.484 e. The van der Waals surface area contributed by atoms with E-state index >= 15 is 0 Å². The summed E-state index contributed by atoms with van der Waals surface area (Å²) in [5.74, 6) is 0.116. The molecule has 0 bridgehead atoms. The van der Waals surface area contributed by atoms with E-state index in [4.69, 9.17) is 22.1 Å². The maximum atomic E-state index is 12.7. The van der Waals surface area contributed by atoms with Gasteiger partial charge < -0.3 is 10.5 Å². The molecule has 0 aliphatic rings. The second kappa shape index (κ2) is 15.0. The molecule has 0 heterocycles. The van der Waals surface area contributed by atoms with E-state index in [1.165, 1.54) is 6.07 Å². The second-order valence-corrected chi connectivity index (χ2v) is 7.44. The molecule has 1 rings (SSSR count). The lowest BCUT2D eigenvalue weighted by atomic mass is 9.96. The Morgan fingerprint density at radius 2 is 1.90 bits per heavy atom. The normalized spacial score (nSPS) is 13.9.